The van der Waals surface area contributed by atoms with E-state index >= 15 is 0 Å². The van der Waals surface area contributed by atoms with Gasteiger partial charge >= 0.3 is 0 Å². The maximum absolute atomic E-state index is 12.8. The Morgan fingerprint density at radius 3 is 1.46 bits per heavy atom. The molecule has 1 amide bonds. The van der Waals surface area contributed by atoms with Crippen molar-refractivity contribution in [3.63, 3.8) is 0 Å². The van der Waals surface area contributed by atoms with Gasteiger partial charge in [-0.2, -0.15) is 0 Å². The molecule has 0 N–H and O–H groups in total. The van der Waals surface area contributed by atoms with Gasteiger partial charge in [0.05, 0.1) is 32.7 Å². The van der Waals surface area contributed by atoms with Crippen LogP contribution in [-0.4, -0.2) is 48.0 Å². The molecule has 0 aromatic heterocycles. The lowest BCUT2D eigenvalue weighted by Crippen LogP contribution is -3.00. The molecule has 1 saturated heterocycles. The Morgan fingerprint density at radius 2 is 1.05 bits per heavy atom. The number of likely N-dealkylation sites (N-methyl/N-ethyl adjacent to an activating group) is 1. The Bertz CT molecular complexity index is 687. The van der Waals surface area contributed by atoms with Gasteiger partial charge in [-0.3, -0.25) is 4.79 Å². The molecule has 0 radical (unpaired) electrons. The first-order valence-corrected chi connectivity index (χ1v) is 16.9. The van der Waals surface area contributed by atoms with Crippen LogP contribution in [-0.2, 0) is 11.3 Å². The fourth-order valence-electron chi connectivity index (χ4n) is 6.21. The Balaban J connectivity index is 0.00000760. The summed E-state index contributed by atoms with van der Waals surface area (Å²) in [5.74, 6) is 0.394. The topological polar surface area (TPSA) is 20.3 Å². The molecule has 1 aliphatic rings. The summed E-state index contributed by atoms with van der Waals surface area (Å²) in [5.41, 5.74) is 1.42. The van der Waals surface area contributed by atoms with Crippen LogP contribution in [0.4, 0.5) is 0 Å². The molecular formula is C35H63BrN2O. The fourth-order valence-corrected chi connectivity index (χ4v) is 6.21. The molecule has 1 aromatic carbocycles. The number of nitrogens with zero attached hydrogens (tertiary/aromatic N) is 2. The largest absolute Gasteiger partial charge is 1.00 e. The molecule has 0 unspecified atom stereocenters. The van der Waals surface area contributed by atoms with Gasteiger partial charge in [0.1, 0.15) is 6.54 Å². The van der Waals surface area contributed by atoms with Gasteiger partial charge in [0.15, 0.2) is 0 Å². The van der Waals surface area contributed by atoms with E-state index in [0.717, 1.165) is 56.6 Å². The minimum atomic E-state index is 0. The molecule has 1 fully saturated rings. The SMILES string of the molecule is CCCCCCCCCCCCCCCCCCCCCC(=O)N1CC[N+](CC)(Cc2ccccc2)CC1.[Br-]. The van der Waals surface area contributed by atoms with Gasteiger partial charge < -0.3 is 26.4 Å². The number of carbonyl (C=O) groups is 1. The second-order valence-electron chi connectivity index (χ2n) is 12.2. The van der Waals surface area contributed by atoms with Crippen molar-refractivity contribution in [1.82, 2.24) is 4.90 Å². The van der Waals surface area contributed by atoms with E-state index in [1.165, 1.54) is 121 Å². The zero-order valence-electron chi connectivity index (χ0n) is 26.0. The maximum atomic E-state index is 12.8. The molecule has 226 valence electrons. The van der Waals surface area contributed by atoms with Crippen LogP contribution in [0, 0.1) is 0 Å². The number of halogens is 1. The zero-order chi connectivity index (χ0) is 27.2. The van der Waals surface area contributed by atoms with Gasteiger partial charge in [-0.1, -0.05) is 153 Å². The summed E-state index contributed by atoms with van der Waals surface area (Å²) in [5, 5.41) is 0. The van der Waals surface area contributed by atoms with Crippen molar-refractivity contribution in [2.45, 2.75) is 149 Å². The monoisotopic (exact) mass is 606 g/mol. The number of benzene rings is 1. The molecule has 0 aliphatic carbocycles. The third-order valence-corrected chi connectivity index (χ3v) is 9.07. The van der Waals surface area contributed by atoms with Crippen LogP contribution in [0.5, 0.6) is 0 Å². The third-order valence-electron chi connectivity index (χ3n) is 9.07. The maximum Gasteiger partial charge on any atom is 0.222 e. The van der Waals surface area contributed by atoms with Crippen molar-refractivity contribution < 1.29 is 26.3 Å². The van der Waals surface area contributed by atoms with Gasteiger partial charge in [-0.15, -0.1) is 0 Å². The molecule has 4 heteroatoms. The molecule has 39 heavy (non-hydrogen) atoms. The summed E-state index contributed by atoms with van der Waals surface area (Å²) < 4.78 is 1.12. The Kier molecular flexibility index (Phi) is 22.1. The fraction of sp³-hybridized carbons (Fsp3) is 0.800. The number of hydrogen-bond acceptors (Lipinski definition) is 1. The third kappa shape index (κ3) is 16.9. The summed E-state index contributed by atoms with van der Waals surface area (Å²) in [4.78, 5) is 14.9. The molecule has 1 heterocycles. The molecule has 0 saturated carbocycles. The van der Waals surface area contributed by atoms with Crippen LogP contribution in [0.15, 0.2) is 30.3 Å². The van der Waals surface area contributed by atoms with Gasteiger partial charge in [0.2, 0.25) is 5.91 Å². The first kappa shape index (κ1) is 36.2. The first-order valence-electron chi connectivity index (χ1n) is 16.9. The van der Waals surface area contributed by atoms with Crippen LogP contribution in [0.3, 0.4) is 0 Å². The quantitative estimate of drug-likeness (QED) is 0.100. The Hall–Kier alpha value is -0.870. The summed E-state index contributed by atoms with van der Waals surface area (Å²) in [6.07, 6.45) is 27.2. The lowest BCUT2D eigenvalue weighted by molar-refractivity contribution is -0.942. The van der Waals surface area contributed by atoms with E-state index < -0.39 is 0 Å². The van der Waals surface area contributed by atoms with E-state index in [0.29, 0.717) is 5.91 Å². The van der Waals surface area contributed by atoms with Crippen LogP contribution in [0.2, 0.25) is 0 Å². The number of carbonyl (C=O) groups excluding carboxylic acids is 1. The molecule has 0 spiro atoms. The second-order valence-corrected chi connectivity index (χ2v) is 12.2. The lowest BCUT2D eigenvalue weighted by atomic mass is 10.0. The highest BCUT2D eigenvalue weighted by Crippen LogP contribution is 2.20. The summed E-state index contributed by atoms with van der Waals surface area (Å²) >= 11 is 0. The van der Waals surface area contributed by atoms with E-state index in [4.69, 9.17) is 0 Å². The summed E-state index contributed by atoms with van der Waals surface area (Å²) in [6.45, 7) is 10.9. The van der Waals surface area contributed by atoms with Crippen molar-refractivity contribution >= 4 is 5.91 Å². The molecule has 0 atom stereocenters. The molecule has 3 nitrogen and oxygen atoms in total. The van der Waals surface area contributed by atoms with Crippen molar-refractivity contribution in [2.75, 3.05) is 32.7 Å². The number of amides is 1. The Labute approximate surface area is 253 Å². The predicted octanol–water partition coefficient (Wildman–Crippen LogP) is 6.69. The highest BCUT2D eigenvalue weighted by Gasteiger charge is 2.33. The first-order chi connectivity index (χ1) is 18.7. The molecular weight excluding hydrogens is 544 g/mol. The molecule has 2 rings (SSSR count). The number of unbranched alkanes of at least 4 members (excludes halogenated alkanes) is 18. The Morgan fingerprint density at radius 1 is 0.641 bits per heavy atom. The zero-order valence-corrected chi connectivity index (χ0v) is 27.5. The van der Waals surface area contributed by atoms with Crippen LogP contribution < -0.4 is 17.0 Å². The lowest BCUT2D eigenvalue weighted by Gasteiger charge is -2.44. The van der Waals surface area contributed by atoms with Crippen LogP contribution in [0.1, 0.15) is 148 Å². The van der Waals surface area contributed by atoms with Gasteiger partial charge in [-0.25, -0.2) is 0 Å². The highest BCUT2D eigenvalue weighted by atomic mass is 79.9. The minimum absolute atomic E-state index is 0. The highest BCUT2D eigenvalue weighted by molar-refractivity contribution is 5.76. The number of rotatable bonds is 23. The van der Waals surface area contributed by atoms with Crippen molar-refractivity contribution in [2.24, 2.45) is 0 Å². The predicted molar refractivity (Wildman–Crippen MR) is 165 cm³/mol. The average Bonchev–Trinajstić information content (AvgIpc) is 2.95. The van der Waals surface area contributed by atoms with E-state index in [9.17, 15) is 4.79 Å². The van der Waals surface area contributed by atoms with E-state index in [1.807, 2.05) is 0 Å². The van der Waals surface area contributed by atoms with Gasteiger partial charge in [0.25, 0.3) is 0 Å². The minimum Gasteiger partial charge on any atom is -1.00 e. The smallest absolute Gasteiger partial charge is 0.222 e. The summed E-state index contributed by atoms with van der Waals surface area (Å²) in [7, 11) is 0. The van der Waals surface area contributed by atoms with E-state index in [2.05, 4.69) is 49.1 Å². The second kappa shape index (κ2) is 23.8. The molecule has 0 bridgehead atoms. The number of quaternary nitrogens is 1. The van der Waals surface area contributed by atoms with Crippen molar-refractivity contribution in [3.05, 3.63) is 35.9 Å². The normalized spacial score (nSPS) is 14.8. The average molecular weight is 608 g/mol. The van der Waals surface area contributed by atoms with E-state index in [-0.39, 0.29) is 17.0 Å². The van der Waals surface area contributed by atoms with Gasteiger partial charge in [-0.05, 0) is 13.3 Å². The summed E-state index contributed by atoms with van der Waals surface area (Å²) in [6, 6.07) is 10.9. The van der Waals surface area contributed by atoms with Crippen LogP contribution in [0.25, 0.3) is 0 Å². The van der Waals surface area contributed by atoms with E-state index in [1.54, 1.807) is 0 Å². The van der Waals surface area contributed by atoms with Crippen molar-refractivity contribution in [3.8, 4) is 0 Å². The van der Waals surface area contributed by atoms with Gasteiger partial charge in [0, 0.05) is 12.0 Å². The van der Waals surface area contributed by atoms with Crippen molar-refractivity contribution in [1.29, 1.82) is 0 Å². The number of hydrogen-bond donors (Lipinski definition) is 0. The molecule has 1 aliphatic heterocycles. The van der Waals surface area contributed by atoms with Crippen LogP contribution >= 0.6 is 0 Å². The number of piperazine rings is 1. The standard InChI is InChI=1S/C35H63N2O.BrH/c1-3-5-6-7-8-9-10-11-12-13-14-15-16-17-18-19-20-21-25-28-35(38)36-29-31-37(4-2,32-30-36)33-34-26-23-22-24-27-34;/h22-24,26-27H,3-21,25,28-33H2,1-2H3;1H/q+1;/p-1. The molecule has 1 aromatic rings.